The van der Waals surface area contributed by atoms with Crippen LogP contribution in [0.3, 0.4) is 0 Å². The van der Waals surface area contributed by atoms with E-state index in [4.69, 9.17) is 4.43 Å². The molecule has 2 atom stereocenters. The van der Waals surface area contributed by atoms with Gasteiger partial charge in [-0.3, -0.25) is 5.32 Å². The lowest BCUT2D eigenvalue weighted by atomic mass is 10.2. The fourth-order valence-corrected chi connectivity index (χ4v) is 7.68. The van der Waals surface area contributed by atoms with E-state index in [0.29, 0.717) is 5.67 Å². The maximum Gasteiger partial charge on any atom is 0.193 e. The van der Waals surface area contributed by atoms with Gasteiger partial charge in [-0.1, -0.05) is 53.8 Å². The molecular formula is C16H39NOSi3. The number of rotatable bonds is 9. The van der Waals surface area contributed by atoms with E-state index in [1.165, 1.54) is 12.8 Å². The average Bonchev–Trinajstić information content (AvgIpc) is 2.25. The Balaban J connectivity index is 5.01. The summed E-state index contributed by atoms with van der Waals surface area (Å²) in [5, 5.41) is 4.15. The Kier molecular flexibility index (Phi) is 8.37. The summed E-state index contributed by atoms with van der Waals surface area (Å²) in [6, 6.07) is 0. The molecule has 126 valence electrons. The molecular weight excluding hydrogens is 306 g/mol. The summed E-state index contributed by atoms with van der Waals surface area (Å²) in [6.45, 7) is 25.3. The molecule has 0 fully saturated rings. The van der Waals surface area contributed by atoms with Crippen LogP contribution in [0.2, 0.25) is 37.8 Å². The van der Waals surface area contributed by atoms with Gasteiger partial charge in [0, 0.05) is 5.67 Å². The summed E-state index contributed by atoms with van der Waals surface area (Å²) in [7, 11) is -3.35. The molecule has 0 radical (unpaired) electrons. The molecule has 21 heavy (non-hydrogen) atoms. The first-order valence-corrected chi connectivity index (χ1v) is 16.5. The van der Waals surface area contributed by atoms with Crippen molar-refractivity contribution in [2.75, 3.05) is 0 Å². The molecule has 0 bridgehead atoms. The lowest BCUT2D eigenvalue weighted by molar-refractivity contribution is 0.208. The lowest BCUT2D eigenvalue weighted by Crippen LogP contribution is -2.58. The van der Waals surface area contributed by atoms with Gasteiger partial charge in [-0.2, -0.15) is 0 Å². The van der Waals surface area contributed by atoms with Crippen LogP contribution in [-0.2, 0) is 4.43 Å². The van der Waals surface area contributed by atoms with Crippen molar-refractivity contribution in [1.29, 1.82) is 0 Å². The Morgan fingerprint density at radius 1 is 1.19 bits per heavy atom. The SMILES string of the molecule is C=C[SiH2]C(NC(CCC)[Si](C)(C)C)O[Si](C)(C)C(C)(C)C. The van der Waals surface area contributed by atoms with Crippen LogP contribution >= 0.6 is 0 Å². The molecule has 0 aliphatic rings. The highest BCUT2D eigenvalue weighted by Gasteiger charge is 2.39. The molecule has 0 saturated heterocycles. The van der Waals surface area contributed by atoms with E-state index in [9.17, 15) is 0 Å². The van der Waals surface area contributed by atoms with Gasteiger partial charge in [-0.25, -0.2) is 0 Å². The molecule has 0 rings (SSSR count). The van der Waals surface area contributed by atoms with Gasteiger partial charge in [-0.05, 0) is 24.6 Å². The third kappa shape index (κ3) is 7.41. The highest BCUT2D eigenvalue weighted by molar-refractivity contribution is 6.77. The van der Waals surface area contributed by atoms with Crippen molar-refractivity contribution in [2.45, 2.75) is 89.8 Å². The first-order chi connectivity index (χ1) is 9.35. The second kappa shape index (κ2) is 8.24. The van der Waals surface area contributed by atoms with E-state index in [1.54, 1.807) is 0 Å². The summed E-state index contributed by atoms with van der Waals surface area (Å²) in [5.41, 5.74) is 2.77. The molecule has 1 N–H and O–H groups in total. The zero-order valence-corrected chi connectivity index (χ0v) is 19.4. The van der Waals surface area contributed by atoms with Gasteiger partial charge in [-0.15, -0.1) is 12.3 Å². The predicted molar refractivity (Wildman–Crippen MR) is 106 cm³/mol. The van der Waals surface area contributed by atoms with Crippen molar-refractivity contribution >= 4 is 25.9 Å². The van der Waals surface area contributed by atoms with E-state index in [-0.39, 0.29) is 10.9 Å². The molecule has 2 nitrogen and oxygen atoms in total. The Morgan fingerprint density at radius 3 is 2.05 bits per heavy atom. The van der Waals surface area contributed by atoms with Crippen molar-refractivity contribution in [2.24, 2.45) is 0 Å². The van der Waals surface area contributed by atoms with Crippen LogP contribution in [0.5, 0.6) is 0 Å². The quantitative estimate of drug-likeness (QED) is 0.498. The number of nitrogens with one attached hydrogen (secondary N) is 1. The van der Waals surface area contributed by atoms with Gasteiger partial charge >= 0.3 is 0 Å². The van der Waals surface area contributed by atoms with Gasteiger partial charge in [0.05, 0.1) is 23.4 Å². The van der Waals surface area contributed by atoms with Crippen molar-refractivity contribution < 1.29 is 4.43 Å². The summed E-state index contributed by atoms with van der Waals surface area (Å²) >= 11 is 0. The van der Waals surface area contributed by atoms with Gasteiger partial charge in [0.1, 0.15) is 0 Å². The first kappa shape index (κ1) is 21.3. The van der Waals surface area contributed by atoms with Crippen LogP contribution in [0, 0.1) is 0 Å². The van der Waals surface area contributed by atoms with Crippen LogP contribution in [-0.4, -0.2) is 37.4 Å². The van der Waals surface area contributed by atoms with Crippen molar-refractivity contribution in [3.8, 4) is 0 Å². The Labute approximate surface area is 138 Å². The number of hydrogen-bond acceptors (Lipinski definition) is 2. The maximum atomic E-state index is 6.66. The second-order valence-electron chi connectivity index (χ2n) is 8.77. The fraction of sp³-hybridized carbons (Fsp3) is 0.875. The molecule has 0 spiro atoms. The Hall–Kier alpha value is 0.311. The molecule has 0 aliphatic carbocycles. The summed E-state index contributed by atoms with van der Waals surface area (Å²) in [4.78, 5) is 0. The zero-order chi connectivity index (χ0) is 16.9. The predicted octanol–water partition coefficient (Wildman–Crippen LogP) is 4.24. The van der Waals surface area contributed by atoms with E-state index in [0.717, 1.165) is 0 Å². The molecule has 0 aliphatic heterocycles. The fourth-order valence-electron chi connectivity index (χ4n) is 2.11. The van der Waals surface area contributed by atoms with Crippen LogP contribution in [0.15, 0.2) is 12.3 Å². The minimum absolute atomic E-state index is 0.256. The minimum Gasteiger partial charge on any atom is -0.405 e. The minimum atomic E-state index is -1.71. The smallest absolute Gasteiger partial charge is 0.193 e. The second-order valence-corrected chi connectivity index (χ2v) is 20.7. The summed E-state index contributed by atoms with van der Waals surface area (Å²) in [5.74, 6) is 0.256. The molecule has 2 unspecified atom stereocenters. The average molecular weight is 346 g/mol. The monoisotopic (exact) mass is 345 g/mol. The lowest BCUT2D eigenvalue weighted by Gasteiger charge is -2.42. The van der Waals surface area contributed by atoms with Gasteiger partial charge in [0.25, 0.3) is 0 Å². The first-order valence-electron chi connectivity index (χ1n) is 8.40. The van der Waals surface area contributed by atoms with Crippen molar-refractivity contribution in [3.63, 3.8) is 0 Å². The largest absolute Gasteiger partial charge is 0.405 e. The molecule has 0 saturated carbocycles. The van der Waals surface area contributed by atoms with E-state index in [2.05, 4.69) is 78.0 Å². The van der Waals surface area contributed by atoms with Crippen LogP contribution in [0.4, 0.5) is 0 Å². The van der Waals surface area contributed by atoms with Gasteiger partial charge < -0.3 is 4.43 Å². The zero-order valence-electron chi connectivity index (χ0n) is 16.0. The topological polar surface area (TPSA) is 21.3 Å². The molecule has 0 aromatic carbocycles. The molecule has 0 heterocycles. The van der Waals surface area contributed by atoms with Crippen LogP contribution < -0.4 is 5.32 Å². The molecule has 5 heteroatoms. The summed E-state index contributed by atoms with van der Waals surface area (Å²) in [6.07, 6.45) is 2.50. The standard InChI is InChI=1S/C16H39NOSi3/c1-11-13-14(20(6,7)8)17-15(19-12-2)18-21(9,10)16(3,4)5/h12,14-15,17H,2,11,13,19H2,1,3-10H3. The van der Waals surface area contributed by atoms with Crippen LogP contribution in [0.25, 0.3) is 0 Å². The van der Waals surface area contributed by atoms with Gasteiger partial charge in [0.2, 0.25) is 0 Å². The normalized spacial score (nSPS) is 17.2. The van der Waals surface area contributed by atoms with Crippen molar-refractivity contribution in [3.05, 3.63) is 12.3 Å². The highest BCUT2D eigenvalue weighted by atomic mass is 28.4. The number of hydrogen-bond donors (Lipinski definition) is 1. The third-order valence-electron chi connectivity index (χ3n) is 4.63. The van der Waals surface area contributed by atoms with E-state index >= 15 is 0 Å². The maximum absolute atomic E-state index is 6.66. The molecule has 0 amide bonds. The summed E-state index contributed by atoms with van der Waals surface area (Å²) < 4.78 is 6.66. The molecule has 0 aromatic rings. The van der Waals surface area contributed by atoms with Crippen molar-refractivity contribution in [1.82, 2.24) is 5.32 Å². The van der Waals surface area contributed by atoms with Gasteiger partial charge in [0.15, 0.2) is 8.32 Å². The van der Waals surface area contributed by atoms with E-state index in [1.807, 2.05) is 0 Å². The Morgan fingerprint density at radius 2 is 1.71 bits per heavy atom. The van der Waals surface area contributed by atoms with Crippen LogP contribution in [0.1, 0.15) is 40.5 Å². The molecule has 0 aromatic heterocycles. The van der Waals surface area contributed by atoms with E-state index < -0.39 is 25.9 Å². The highest BCUT2D eigenvalue weighted by Crippen LogP contribution is 2.37. The third-order valence-corrected chi connectivity index (χ3v) is 13.2. The Bertz CT molecular complexity index is 318.